The molecule has 24 heavy (non-hydrogen) atoms. The van der Waals surface area contributed by atoms with E-state index in [0.29, 0.717) is 26.2 Å². The molecule has 132 valence electrons. The first-order valence-electron chi connectivity index (χ1n) is 7.62. The minimum atomic E-state index is -4.53. The Hall–Kier alpha value is -2.32. The molecule has 0 aliphatic carbocycles. The van der Waals surface area contributed by atoms with Crippen LogP contribution in [0.25, 0.3) is 0 Å². The topological polar surface area (TPSA) is 65.5 Å². The average molecular weight is 344 g/mol. The van der Waals surface area contributed by atoms with E-state index in [1.165, 1.54) is 0 Å². The van der Waals surface area contributed by atoms with Gasteiger partial charge < -0.3 is 15.1 Å². The second-order valence-electron chi connectivity index (χ2n) is 5.45. The number of carbonyl (C=O) groups excluding carboxylic acids is 2. The van der Waals surface area contributed by atoms with Crippen molar-refractivity contribution in [2.45, 2.75) is 19.0 Å². The molecule has 0 bridgehead atoms. The van der Waals surface area contributed by atoms with E-state index in [1.807, 2.05) is 18.2 Å². The maximum atomic E-state index is 12.0. The van der Waals surface area contributed by atoms with Crippen molar-refractivity contribution in [3.05, 3.63) is 24.4 Å². The molecule has 2 rings (SSSR count). The lowest BCUT2D eigenvalue weighted by atomic mass is 10.2. The van der Waals surface area contributed by atoms with Crippen LogP contribution in [0.15, 0.2) is 24.4 Å². The summed E-state index contributed by atoms with van der Waals surface area (Å²) in [5.41, 5.74) is 0. The Morgan fingerprint density at radius 2 is 1.88 bits per heavy atom. The largest absolute Gasteiger partial charge is 0.397 e. The summed E-state index contributed by atoms with van der Waals surface area (Å²) in [4.78, 5) is 31.0. The number of amides is 2. The third kappa shape index (κ3) is 5.71. The summed E-state index contributed by atoms with van der Waals surface area (Å²) in [6, 6.07) is 5.62. The number of hydrogen-bond donors (Lipinski definition) is 1. The van der Waals surface area contributed by atoms with Crippen molar-refractivity contribution in [3.8, 4) is 0 Å². The summed E-state index contributed by atoms with van der Waals surface area (Å²) in [6.45, 7) is 2.23. The molecule has 1 N–H and O–H groups in total. The van der Waals surface area contributed by atoms with Crippen LogP contribution in [0.4, 0.5) is 19.0 Å². The van der Waals surface area contributed by atoms with E-state index in [1.54, 1.807) is 11.1 Å². The van der Waals surface area contributed by atoms with Crippen LogP contribution in [0.2, 0.25) is 0 Å². The molecule has 1 fully saturated rings. The van der Waals surface area contributed by atoms with Gasteiger partial charge in [-0.05, 0) is 12.1 Å². The van der Waals surface area contributed by atoms with E-state index in [0.717, 1.165) is 5.82 Å². The van der Waals surface area contributed by atoms with Crippen LogP contribution in [-0.4, -0.2) is 60.6 Å². The van der Waals surface area contributed by atoms with Gasteiger partial charge in [0.05, 0.1) is 0 Å². The molecule has 0 spiro atoms. The third-order valence-corrected chi connectivity index (χ3v) is 3.63. The fourth-order valence-corrected chi connectivity index (χ4v) is 2.44. The van der Waals surface area contributed by atoms with Crippen molar-refractivity contribution < 1.29 is 22.8 Å². The first-order chi connectivity index (χ1) is 11.3. The van der Waals surface area contributed by atoms with E-state index in [9.17, 15) is 22.8 Å². The van der Waals surface area contributed by atoms with Gasteiger partial charge in [0, 0.05) is 45.3 Å². The fraction of sp³-hybridized carbons (Fsp3) is 0.533. The Bertz CT molecular complexity index is 558. The second-order valence-corrected chi connectivity index (χ2v) is 5.45. The van der Waals surface area contributed by atoms with Gasteiger partial charge in [0.2, 0.25) is 11.8 Å². The lowest BCUT2D eigenvalue weighted by Crippen LogP contribution is -2.49. The third-order valence-electron chi connectivity index (χ3n) is 3.63. The second kappa shape index (κ2) is 7.98. The number of nitrogens with zero attached hydrogens (tertiary/aromatic N) is 3. The molecule has 1 aliphatic heterocycles. The number of halogens is 3. The molecule has 1 aliphatic rings. The van der Waals surface area contributed by atoms with Gasteiger partial charge in [-0.1, -0.05) is 6.07 Å². The number of anilines is 1. The van der Waals surface area contributed by atoms with Gasteiger partial charge in [0.15, 0.2) is 0 Å². The Balaban J connectivity index is 1.69. The minimum Gasteiger partial charge on any atom is -0.355 e. The van der Waals surface area contributed by atoms with Crippen molar-refractivity contribution in [1.29, 1.82) is 0 Å². The molecular weight excluding hydrogens is 325 g/mol. The highest BCUT2D eigenvalue weighted by molar-refractivity contribution is 5.79. The molecular formula is C15H19F3N4O2. The summed E-state index contributed by atoms with van der Waals surface area (Å²) in [6.07, 6.45) is -4.36. The highest BCUT2D eigenvalue weighted by atomic mass is 19.4. The fourth-order valence-electron chi connectivity index (χ4n) is 2.44. The number of nitrogens with one attached hydrogen (secondary N) is 1. The summed E-state index contributed by atoms with van der Waals surface area (Å²) in [7, 11) is 0. The van der Waals surface area contributed by atoms with Gasteiger partial charge in [0.1, 0.15) is 12.2 Å². The van der Waals surface area contributed by atoms with E-state index in [-0.39, 0.29) is 18.9 Å². The maximum absolute atomic E-state index is 12.0. The predicted molar refractivity (Wildman–Crippen MR) is 81.3 cm³/mol. The summed E-state index contributed by atoms with van der Waals surface area (Å²) < 4.78 is 36.0. The zero-order valence-corrected chi connectivity index (χ0v) is 13.1. The van der Waals surface area contributed by atoms with Crippen LogP contribution in [0.5, 0.6) is 0 Å². The van der Waals surface area contributed by atoms with Crippen LogP contribution in [-0.2, 0) is 9.59 Å². The van der Waals surface area contributed by atoms with Crippen molar-refractivity contribution >= 4 is 17.6 Å². The van der Waals surface area contributed by atoms with Gasteiger partial charge in [0.25, 0.3) is 0 Å². The molecule has 1 saturated heterocycles. The van der Waals surface area contributed by atoms with Crippen molar-refractivity contribution in [2.24, 2.45) is 0 Å². The number of aromatic nitrogens is 1. The zero-order valence-electron chi connectivity index (χ0n) is 13.1. The van der Waals surface area contributed by atoms with Gasteiger partial charge in [-0.2, -0.15) is 13.2 Å². The van der Waals surface area contributed by atoms with Crippen LogP contribution < -0.4 is 10.2 Å². The Morgan fingerprint density at radius 1 is 1.17 bits per heavy atom. The Kier molecular flexibility index (Phi) is 5.99. The van der Waals surface area contributed by atoms with Gasteiger partial charge >= 0.3 is 6.18 Å². The van der Waals surface area contributed by atoms with Crippen LogP contribution in [0.3, 0.4) is 0 Å². The van der Waals surface area contributed by atoms with Crippen molar-refractivity contribution in [2.75, 3.05) is 37.6 Å². The lowest BCUT2D eigenvalue weighted by molar-refractivity contribution is -0.153. The van der Waals surface area contributed by atoms with Crippen molar-refractivity contribution in [1.82, 2.24) is 15.2 Å². The normalized spacial score (nSPS) is 15.3. The number of rotatable bonds is 5. The van der Waals surface area contributed by atoms with Gasteiger partial charge in [-0.15, -0.1) is 0 Å². The first kappa shape index (κ1) is 18.0. The zero-order chi connectivity index (χ0) is 17.6. The van der Waals surface area contributed by atoms with Crippen LogP contribution in [0, 0.1) is 0 Å². The maximum Gasteiger partial charge on any atom is 0.397 e. The highest BCUT2D eigenvalue weighted by Crippen LogP contribution is 2.18. The highest BCUT2D eigenvalue weighted by Gasteiger charge is 2.31. The molecule has 9 heteroatoms. The lowest BCUT2D eigenvalue weighted by Gasteiger charge is -2.35. The molecule has 0 saturated carbocycles. The van der Waals surface area contributed by atoms with E-state index < -0.39 is 18.5 Å². The SMILES string of the molecule is O=C(CC(F)(F)F)NCCC(=O)N1CCN(c2ccccn2)CC1. The quantitative estimate of drug-likeness (QED) is 0.871. The molecule has 0 radical (unpaired) electrons. The molecule has 0 aromatic carbocycles. The predicted octanol–water partition coefficient (Wildman–Crippen LogP) is 1.19. The molecule has 6 nitrogen and oxygen atoms in total. The number of alkyl halides is 3. The van der Waals surface area contributed by atoms with Gasteiger partial charge in [-0.3, -0.25) is 9.59 Å². The molecule has 0 unspecified atom stereocenters. The summed E-state index contributed by atoms with van der Waals surface area (Å²) in [5.74, 6) is -0.442. The number of carbonyl (C=O) groups is 2. The first-order valence-corrected chi connectivity index (χ1v) is 7.62. The van der Waals surface area contributed by atoms with E-state index >= 15 is 0 Å². The Morgan fingerprint density at radius 3 is 2.46 bits per heavy atom. The summed E-state index contributed by atoms with van der Waals surface area (Å²) in [5, 5.41) is 2.12. The van der Waals surface area contributed by atoms with Crippen molar-refractivity contribution in [3.63, 3.8) is 0 Å². The van der Waals surface area contributed by atoms with Crippen LogP contribution in [0.1, 0.15) is 12.8 Å². The minimum absolute atomic E-state index is 0.00676. The smallest absolute Gasteiger partial charge is 0.355 e. The van der Waals surface area contributed by atoms with E-state index in [2.05, 4.69) is 15.2 Å². The standard InChI is InChI=1S/C15H19F3N4O2/c16-15(17,18)11-13(23)20-6-4-14(24)22-9-7-21(8-10-22)12-3-1-2-5-19-12/h1-3,5H,4,6-11H2,(H,20,23). The average Bonchev–Trinajstić information content (AvgIpc) is 2.54. The number of pyridine rings is 1. The molecule has 0 atom stereocenters. The molecule has 2 heterocycles. The van der Waals surface area contributed by atoms with E-state index in [4.69, 9.17) is 0 Å². The number of piperazine rings is 1. The number of hydrogen-bond acceptors (Lipinski definition) is 4. The molecule has 1 aromatic heterocycles. The molecule has 2 amide bonds. The Labute approximate surface area is 137 Å². The van der Waals surface area contributed by atoms with Crippen LogP contribution >= 0.6 is 0 Å². The molecule has 1 aromatic rings. The summed E-state index contributed by atoms with van der Waals surface area (Å²) >= 11 is 0. The monoisotopic (exact) mass is 344 g/mol. The van der Waals surface area contributed by atoms with Gasteiger partial charge in [-0.25, -0.2) is 4.98 Å².